The van der Waals surface area contributed by atoms with Crippen molar-refractivity contribution in [1.29, 1.82) is 0 Å². The third-order valence-electron chi connectivity index (χ3n) is 15.7. The first kappa shape index (κ1) is 86.7. The van der Waals surface area contributed by atoms with Gasteiger partial charge in [0.15, 0.2) is 0 Å². The van der Waals surface area contributed by atoms with E-state index < -0.39 is 24.4 Å². The van der Waals surface area contributed by atoms with Crippen LogP contribution in [0.3, 0.4) is 0 Å². The third-order valence-corrected chi connectivity index (χ3v) is 15.7. The molecule has 476 valence electrons. The van der Waals surface area contributed by atoms with Crippen LogP contribution in [0.2, 0.25) is 0 Å². The molecule has 2 aromatic carbocycles. The first-order valence-electron chi connectivity index (χ1n) is 30.9. The summed E-state index contributed by atoms with van der Waals surface area (Å²) in [5.41, 5.74) is 1.67. The van der Waals surface area contributed by atoms with Gasteiger partial charge in [0.2, 0.25) is 0 Å². The van der Waals surface area contributed by atoms with Crippen LogP contribution in [0.1, 0.15) is 271 Å². The molecule has 0 aromatic heterocycles. The minimum atomic E-state index is -0.633. The maximum atomic E-state index is 10.0. The molecule has 0 saturated heterocycles. The standard InChI is InChI=1S/C15H16O2.C13H24O2.C9H18O2.C6H14O2.C5H12O2.3C5H10.C2H6S2.3Fe/c16-14(12-7-3-1-4-8-12)11-15(17)13-9-5-2-6-10-13;14-12(10-5-1-2-6-10)9-13(15)11-7-3-4-8-11;1-7(10)6-9(11)8-4-2-3-5-8;1-4(5(2)7)6(3)8;1-4(6)3-5(2)7;3*1-2-4-5-3-1;1-2(3)4;;;/h1-10,14-17H,11H2;10-15H,1-9H2;7-11H,2-6H2,1H3;4-8H,1-3H3;4-7H,3H2,1-2H3;3*1-5H2;2-4H,1H3;;;. The van der Waals surface area contributed by atoms with Crippen LogP contribution in [0.25, 0.3) is 0 Å². The van der Waals surface area contributed by atoms with Crippen LogP contribution in [0.5, 0.6) is 0 Å². The Kier molecular flexibility index (Phi) is 61.9. The summed E-state index contributed by atoms with van der Waals surface area (Å²) < 4.78 is 0.222. The number of aliphatic hydroxyl groups is 10. The van der Waals surface area contributed by atoms with Crippen molar-refractivity contribution in [3.63, 3.8) is 0 Å². The summed E-state index contributed by atoms with van der Waals surface area (Å²) in [5, 5.41) is 93.4. The Bertz CT molecular complexity index is 1400. The molecule has 0 heterocycles. The molecule has 0 spiro atoms. The number of hydrogen-bond acceptors (Lipinski definition) is 12. The predicted octanol–water partition coefficient (Wildman–Crippen LogP) is 14.2. The fraction of sp³-hybridized carbons (Fsp3) is 0.815. The fourth-order valence-corrected chi connectivity index (χ4v) is 10.6. The van der Waals surface area contributed by atoms with Crippen LogP contribution in [-0.4, -0.2) is 104 Å². The fourth-order valence-electron chi connectivity index (χ4n) is 10.6. The van der Waals surface area contributed by atoms with Crippen LogP contribution in [0, 0.1) is 23.7 Å². The van der Waals surface area contributed by atoms with E-state index in [1.54, 1.807) is 34.6 Å². The van der Waals surface area contributed by atoms with E-state index in [2.05, 4.69) is 25.3 Å². The van der Waals surface area contributed by atoms with Crippen molar-refractivity contribution < 1.29 is 102 Å². The Balaban J connectivity index is -0.000000422. The Morgan fingerprint density at radius 2 is 0.537 bits per heavy atom. The average Bonchev–Trinajstić information content (AvgIpc) is 4.24. The molecule has 10 unspecified atom stereocenters. The van der Waals surface area contributed by atoms with Gasteiger partial charge in [-0.05, 0) is 128 Å². The van der Waals surface area contributed by atoms with Gasteiger partial charge in [-0.2, -0.15) is 25.3 Å². The van der Waals surface area contributed by atoms with Crippen LogP contribution in [-0.2, 0) is 51.2 Å². The van der Waals surface area contributed by atoms with Gasteiger partial charge >= 0.3 is 0 Å². The molecule has 0 aliphatic heterocycles. The summed E-state index contributed by atoms with van der Waals surface area (Å²) in [7, 11) is 0. The van der Waals surface area contributed by atoms with Crippen LogP contribution < -0.4 is 0 Å². The molecule has 6 fully saturated rings. The van der Waals surface area contributed by atoms with Gasteiger partial charge in [-0.1, -0.05) is 202 Å². The Morgan fingerprint density at radius 3 is 0.713 bits per heavy atom. The summed E-state index contributed by atoms with van der Waals surface area (Å²) in [5.74, 6) is 1.39. The monoisotopic (exact) mass is 1290 g/mol. The molecule has 10 nitrogen and oxygen atoms in total. The summed E-state index contributed by atoms with van der Waals surface area (Å²) in [6.07, 6.45) is 35.0. The van der Waals surface area contributed by atoms with Crippen molar-refractivity contribution in [2.45, 2.75) is 313 Å². The second kappa shape index (κ2) is 57.1. The molecule has 10 N–H and O–H groups in total. The number of hydrogen-bond donors (Lipinski definition) is 12. The number of thiol groups is 2. The third kappa shape index (κ3) is 50.4. The maximum absolute atomic E-state index is 10.0. The normalized spacial score (nSPS) is 20.6. The van der Waals surface area contributed by atoms with Crippen molar-refractivity contribution in [1.82, 2.24) is 0 Å². The van der Waals surface area contributed by atoms with E-state index in [1.807, 2.05) is 74.5 Å². The van der Waals surface area contributed by atoms with Crippen LogP contribution in [0.15, 0.2) is 60.7 Å². The summed E-state index contributed by atoms with van der Waals surface area (Å²) in [6.45, 7) is 12.1. The van der Waals surface area contributed by atoms with Crippen LogP contribution >= 0.6 is 25.3 Å². The van der Waals surface area contributed by atoms with E-state index >= 15 is 0 Å². The first-order valence-corrected chi connectivity index (χ1v) is 32.0. The molecule has 10 atom stereocenters. The van der Waals surface area contributed by atoms with Crippen molar-refractivity contribution in [2.24, 2.45) is 23.7 Å². The quantitative estimate of drug-likeness (QED) is 0.0462. The Labute approximate surface area is 532 Å². The van der Waals surface area contributed by atoms with Gasteiger partial charge in [-0.15, -0.1) is 0 Å². The second-order valence-corrected chi connectivity index (χ2v) is 25.4. The van der Waals surface area contributed by atoms with Gasteiger partial charge in [0.25, 0.3) is 0 Å². The van der Waals surface area contributed by atoms with Gasteiger partial charge in [0.1, 0.15) is 0 Å². The van der Waals surface area contributed by atoms with Gasteiger partial charge in [0, 0.05) is 68.1 Å². The van der Waals surface area contributed by atoms with Crippen molar-refractivity contribution >= 4 is 25.3 Å². The molecule has 0 amide bonds. The molecule has 6 aliphatic carbocycles. The van der Waals surface area contributed by atoms with E-state index in [-0.39, 0.29) is 98.3 Å². The SMILES string of the molecule is C1CCCC1.C1CCCC1.C1CCCC1.CC(O)C(C)C(C)O.CC(O)CC(C)O.CC(O)CC(O)C1CCCC1.CC(S)S.OC(CC(O)C1CCCC1)C1CCCC1.OC(CC(O)c1ccccc1)c1ccccc1.[Fe].[Fe].[Fe]. The molecule has 0 bridgehead atoms. The smallest absolute Gasteiger partial charge is 0.0818 e. The zero-order valence-corrected chi connectivity index (χ0v) is 55.9. The van der Waals surface area contributed by atoms with Crippen molar-refractivity contribution in [3.8, 4) is 0 Å². The van der Waals surface area contributed by atoms with Crippen molar-refractivity contribution in [2.75, 3.05) is 0 Å². The van der Waals surface area contributed by atoms with Crippen molar-refractivity contribution in [3.05, 3.63) is 71.8 Å². The summed E-state index contributed by atoms with van der Waals surface area (Å²) in [6, 6.07) is 18.8. The summed E-state index contributed by atoms with van der Waals surface area (Å²) >= 11 is 7.66. The van der Waals surface area contributed by atoms with E-state index in [1.165, 1.54) is 161 Å². The van der Waals surface area contributed by atoms with E-state index in [9.17, 15) is 25.5 Å². The average molecular weight is 1290 g/mol. The van der Waals surface area contributed by atoms with Gasteiger partial charge in [-0.25, -0.2) is 0 Å². The largest absolute Gasteiger partial charge is 0.393 e. The molecular weight excluding hydrogens is 1170 g/mol. The molecule has 8 rings (SSSR count). The van der Waals surface area contributed by atoms with Crippen LogP contribution in [0.4, 0.5) is 0 Å². The molecule has 0 radical (unpaired) electrons. The molecular formula is C65H120Fe3O10S2. The topological polar surface area (TPSA) is 202 Å². The zero-order valence-electron chi connectivity index (χ0n) is 50.8. The molecule has 2 aromatic rings. The number of aliphatic hydroxyl groups excluding tert-OH is 10. The number of benzene rings is 2. The molecule has 6 saturated carbocycles. The van der Waals surface area contributed by atoms with Gasteiger partial charge in [-0.3, -0.25) is 0 Å². The van der Waals surface area contributed by atoms with E-state index in [0.717, 1.165) is 24.0 Å². The summed E-state index contributed by atoms with van der Waals surface area (Å²) in [4.78, 5) is 0. The van der Waals surface area contributed by atoms with E-state index in [0.29, 0.717) is 43.4 Å². The Morgan fingerprint density at radius 1 is 0.325 bits per heavy atom. The molecule has 6 aliphatic rings. The zero-order chi connectivity index (χ0) is 57.8. The van der Waals surface area contributed by atoms with Gasteiger partial charge < -0.3 is 51.1 Å². The maximum Gasteiger partial charge on any atom is 0.0818 e. The number of rotatable bonds is 15. The predicted molar refractivity (Wildman–Crippen MR) is 329 cm³/mol. The molecule has 15 heteroatoms. The van der Waals surface area contributed by atoms with Gasteiger partial charge in [0.05, 0.1) is 61.0 Å². The first-order chi connectivity index (χ1) is 36.7. The minimum absolute atomic E-state index is 0. The Hall–Kier alpha value is 0.298. The molecule has 80 heavy (non-hydrogen) atoms. The second-order valence-electron chi connectivity index (χ2n) is 23.5. The van der Waals surface area contributed by atoms with E-state index in [4.69, 9.17) is 25.5 Å². The minimum Gasteiger partial charge on any atom is -0.393 e.